The monoisotopic (exact) mass is 305 g/mol. The van der Waals surface area contributed by atoms with Crippen molar-refractivity contribution >= 4 is 23.4 Å². The minimum Gasteiger partial charge on any atom is -0.326 e. The van der Waals surface area contributed by atoms with Gasteiger partial charge in [-0.3, -0.25) is 0 Å². The lowest BCUT2D eigenvalue weighted by atomic mass is 9.87. The summed E-state index contributed by atoms with van der Waals surface area (Å²) < 4.78 is 0. The van der Waals surface area contributed by atoms with Crippen molar-refractivity contribution in [2.24, 2.45) is 5.73 Å². The van der Waals surface area contributed by atoms with E-state index in [2.05, 4.69) is 51.1 Å². The van der Waals surface area contributed by atoms with Gasteiger partial charge >= 0.3 is 0 Å². The van der Waals surface area contributed by atoms with Crippen LogP contribution in [0.2, 0.25) is 5.02 Å². The third kappa shape index (κ3) is 3.57. The van der Waals surface area contributed by atoms with Crippen molar-refractivity contribution in [2.75, 3.05) is 0 Å². The van der Waals surface area contributed by atoms with Crippen LogP contribution in [0.25, 0.3) is 0 Å². The molecule has 3 heteroatoms. The average molecular weight is 306 g/mol. The summed E-state index contributed by atoms with van der Waals surface area (Å²) in [7, 11) is 0. The van der Waals surface area contributed by atoms with E-state index in [0.717, 1.165) is 15.5 Å². The van der Waals surface area contributed by atoms with Crippen molar-refractivity contribution in [3.8, 4) is 0 Å². The van der Waals surface area contributed by atoms with Crippen LogP contribution < -0.4 is 5.73 Å². The Bertz CT molecular complexity index is 585. The molecular weight excluding hydrogens is 286 g/mol. The van der Waals surface area contributed by atoms with Crippen LogP contribution in [0.4, 0.5) is 0 Å². The van der Waals surface area contributed by atoms with Crippen LogP contribution in [0.15, 0.2) is 52.3 Å². The van der Waals surface area contributed by atoms with Crippen molar-refractivity contribution in [1.29, 1.82) is 0 Å². The minimum atomic E-state index is 0.182. The van der Waals surface area contributed by atoms with E-state index >= 15 is 0 Å². The fourth-order valence-corrected chi connectivity index (χ4v) is 3.28. The van der Waals surface area contributed by atoms with Crippen molar-refractivity contribution in [3.63, 3.8) is 0 Å². The molecule has 20 heavy (non-hydrogen) atoms. The molecule has 106 valence electrons. The Balaban J connectivity index is 2.25. The van der Waals surface area contributed by atoms with E-state index in [4.69, 9.17) is 17.3 Å². The molecular formula is C17H20ClNS. The Morgan fingerprint density at radius 2 is 1.70 bits per heavy atom. The maximum Gasteiger partial charge on any atom is 0.0462 e. The summed E-state index contributed by atoms with van der Waals surface area (Å²) in [6.45, 7) is 7.12. The topological polar surface area (TPSA) is 26.0 Å². The normalized spacial score (nSPS) is 11.7. The summed E-state index contributed by atoms with van der Waals surface area (Å²) in [4.78, 5) is 2.33. The standard InChI is InChI=1S/C17H20ClNS/c1-17(2,3)12-7-9-13(10-8-12)20-16-6-4-5-15(18)14(16)11-19/h4-10H,11,19H2,1-3H3. The second-order valence-corrected chi connectivity index (χ2v) is 7.32. The van der Waals surface area contributed by atoms with Crippen molar-refractivity contribution < 1.29 is 0 Å². The molecule has 0 radical (unpaired) electrons. The van der Waals surface area contributed by atoms with E-state index in [0.29, 0.717) is 6.54 Å². The lowest BCUT2D eigenvalue weighted by Crippen LogP contribution is -2.10. The summed E-state index contributed by atoms with van der Waals surface area (Å²) in [5.74, 6) is 0. The van der Waals surface area contributed by atoms with Crippen LogP contribution >= 0.6 is 23.4 Å². The highest BCUT2D eigenvalue weighted by atomic mass is 35.5. The third-order valence-corrected chi connectivity index (χ3v) is 4.69. The smallest absolute Gasteiger partial charge is 0.0462 e. The van der Waals surface area contributed by atoms with E-state index < -0.39 is 0 Å². The maximum absolute atomic E-state index is 6.19. The van der Waals surface area contributed by atoms with Crippen LogP contribution in [0, 0.1) is 0 Å². The quantitative estimate of drug-likeness (QED) is 0.838. The van der Waals surface area contributed by atoms with Gasteiger partial charge < -0.3 is 5.73 Å². The van der Waals surface area contributed by atoms with Crippen LogP contribution in [0.1, 0.15) is 31.9 Å². The zero-order valence-corrected chi connectivity index (χ0v) is 13.7. The van der Waals surface area contributed by atoms with Gasteiger partial charge in [-0.1, -0.05) is 62.3 Å². The van der Waals surface area contributed by atoms with Gasteiger partial charge in [-0.25, -0.2) is 0 Å². The van der Waals surface area contributed by atoms with Crippen LogP contribution in [0.5, 0.6) is 0 Å². The van der Waals surface area contributed by atoms with E-state index in [9.17, 15) is 0 Å². The number of hydrogen-bond donors (Lipinski definition) is 1. The molecule has 0 aliphatic rings. The van der Waals surface area contributed by atoms with Gasteiger partial charge in [0, 0.05) is 21.4 Å². The highest BCUT2D eigenvalue weighted by molar-refractivity contribution is 7.99. The van der Waals surface area contributed by atoms with E-state index in [1.165, 1.54) is 10.5 Å². The molecule has 0 aliphatic carbocycles. The Labute approximate surface area is 130 Å². The molecule has 0 aliphatic heterocycles. The average Bonchev–Trinajstić information content (AvgIpc) is 2.38. The lowest BCUT2D eigenvalue weighted by Gasteiger charge is -2.19. The molecule has 0 bridgehead atoms. The first-order chi connectivity index (χ1) is 9.41. The first kappa shape index (κ1) is 15.4. The van der Waals surface area contributed by atoms with E-state index in [-0.39, 0.29) is 5.41 Å². The molecule has 0 saturated carbocycles. The summed E-state index contributed by atoms with van der Waals surface area (Å²) in [6.07, 6.45) is 0. The van der Waals surface area contributed by atoms with Gasteiger partial charge in [-0.05, 0) is 40.8 Å². The minimum absolute atomic E-state index is 0.182. The predicted octanol–water partition coefficient (Wildman–Crippen LogP) is 5.25. The highest BCUT2D eigenvalue weighted by Crippen LogP contribution is 2.34. The number of rotatable bonds is 3. The number of halogens is 1. The van der Waals surface area contributed by atoms with Crippen molar-refractivity contribution in [1.82, 2.24) is 0 Å². The van der Waals surface area contributed by atoms with E-state index in [1.54, 1.807) is 11.8 Å². The van der Waals surface area contributed by atoms with Gasteiger partial charge in [0.1, 0.15) is 0 Å². The molecule has 2 rings (SSSR count). The van der Waals surface area contributed by atoms with Gasteiger partial charge in [-0.15, -0.1) is 0 Å². The third-order valence-electron chi connectivity index (χ3n) is 3.23. The van der Waals surface area contributed by atoms with Crippen LogP contribution in [-0.2, 0) is 12.0 Å². The summed E-state index contributed by atoms with van der Waals surface area (Å²) in [5.41, 5.74) is 8.32. The molecule has 0 spiro atoms. The Morgan fingerprint density at radius 1 is 1.05 bits per heavy atom. The second kappa shape index (κ2) is 6.21. The highest BCUT2D eigenvalue weighted by Gasteiger charge is 2.13. The Kier molecular flexibility index (Phi) is 4.79. The van der Waals surface area contributed by atoms with Crippen LogP contribution in [0.3, 0.4) is 0 Å². The summed E-state index contributed by atoms with van der Waals surface area (Å²) in [5, 5.41) is 0.740. The van der Waals surface area contributed by atoms with Gasteiger partial charge in [-0.2, -0.15) is 0 Å². The molecule has 2 aromatic carbocycles. The van der Waals surface area contributed by atoms with Gasteiger partial charge in [0.25, 0.3) is 0 Å². The summed E-state index contributed by atoms with van der Waals surface area (Å²) >= 11 is 7.90. The fourth-order valence-electron chi connectivity index (χ4n) is 1.98. The summed E-state index contributed by atoms with van der Waals surface area (Å²) in [6, 6.07) is 14.6. The fraction of sp³-hybridized carbons (Fsp3) is 0.294. The molecule has 0 atom stereocenters. The second-order valence-electron chi connectivity index (χ2n) is 5.80. The Hall–Kier alpha value is -0.960. The largest absolute Gasteiger partial charge is 0.326 e. The molecule has 0 aromatic heterocycles. The number of benzene rings is 2. The molecule has 0 unspecified atom stereocenters. The number of nitrogens with two attached hydrogens (primary N) is 1. The molecule has 0 saturated heterocycles. The first-order valence-electron chi connectivity index (χ1n) is 6.67. The SMILES string of the molecule is CC(C)(C)c1ccc(Sc2cccc(Cl)c2CN)cc1. The van der Waals surface area contributed by atoms with Crippen molar-refractivity contribution in [3.05, 3.63) is 58.6 Å². The molecule has 1 nitrogen and oxygen atoms in total. The predicted molar refractivity (Wildman–Crippen MR) is 88.6 cm³/mol. The molecule has 0 amide bonds. The molecule has 0 heterocycles. The van der Waals surface area contributed by atoms with Gasteiger partial charge in [0.05, 0.1) is 0 Å². The van der Waals surface area contributed by atoms with Crippen molar-refractivity contribution in [2.45, 2.75) is 42.5 Å². The first-order valence-corrected chi connectivity index (χ1v) is 7.87. The molecule has 2 aromatic rings. The Morgan fingerprint density at radius 3 is 2.25 bits per heavy atom. The van der Waals surface area contributed by atoms with Gasteiger partial charge in [0.15, 0.2) is 0 Å². The zero-order valence-electron chi connectivity index (χ0n) is 12.1. The lowest BCUT2D eigenvalue weighted by molar-refractivity contribution is 0.590. The molecule has 0 fully saturated rings. The number of hydrogen-bond acceptors (Lipinski definition) is 2. The zero-order chi connectivity index (χ0) is 14.8. The van der Waals surface area contributed by atoms with Gasteiger partial charge in [0.2, 0.25) is 0 Å². The maximum atomic E-state index is 6.19. The molecule has 2 N–H and O–H groups in total. The van der Waals surface area contributed by atoms with Crippen LogP contribution in [-0.4, -0.2) is 0 Å². The van der Waals surface area contributed by atoms with E-state index in [1.807, 2.05) is 12.1 Å².